The van der Waals surface area contributed by atoms with E-state index in [2.05, 4.69) is 6.92 Å². The van der Waals surface area contributed by atoms with Gasteiger partial charge in [-0.2, -0.15) is 0 Å². The van der Waals surface area contributed by atoms with Crippen LogP contribution in [0.15, 0.2) is 54.6 Å². The second-order valence-corrected chi connectivity index (χ2v) is 8.00. The summed E-state index contributed by atoms with van der Waals surface area (Å²) in [7, 11) is 1.59. The van der Waals surface area contributed by atoms with Gasteiger partial charge in [0.05, 0.1) is 19.0 Å². The molecule has 0 aliphatic carbocycles. The van der Waals surface area contributed by atoms with Crippen LogP contribution in [0.25, 0.3) is 10.9 Å². The lowest BCUT2D eigenvalue weighted by molar-refractivity contribution is -0.141. The fourth-order valence-electron chi connectivity index (χ4n) is 3.64. The number of methoxy groups -OCH3 is 1. The molecule has 5 nitrogen and oxygen atoms in total. The van der Waals surface area contributed by atoms with Gasteiger partial charge in [0, 0.05) is 21.7 Å². The van der Waals surface area contributed by atoms with Gasteiger partial charge >= 0.3 is 5.97 Å². The lowest BCUT2D eigenvalue weighted by Gasteiger charge is -2.08. The monoisotopic (exact) mass is 453 g/mol. The lowest BCUT2D eigenvalue weighted by atomic mass is 10.1. The summed E-state index contributed by atoms with van der Waals surface area (Å²) in [5.74, 6) is 0.129. The van der Waals surface area contributed by atoms with Crippen LogP contribution >= 0.6 is 11.6 Å². The van der Waals surface area contributed by atoms with Crippen molar-refractivity contribution in [3.63, 3.8) is 0 Å². The molecule has 0 saturated heterocycles. The zero-order valence-corrected chi connectivity index (χ0v) is 19.4. The molecule has 2 aromatic carbocycles. The molecule has 0 saturated carbocycles. The molecule has 6 heteroatoms. The van der Waals surface area contributed by atoms with E-state index >= 15 is 0 Å². The van der Waals surface area contributed by atoms with E-state index in [9.17, 15) is 9.59 Å². The third-order valence-corrected chi connectivity index (χ3v) is 5.64. The Morgan fingerprint density at radius 2 is 1.84 bits per heavy atom. The van der Waals surface area contributed by atoms with Crippen molar-refractivity contribution in [2.24, 2.45) is 0 Å². The van der Waals surface area contributed by atoms with Crippen LogP contribution in [0.2, 0.25) is 5.02 Å². The van der Waals surface area contributed by atoms with Gasteiger partial charge in [-0.15, -0.1) is 0 Å². The van der Waals surface area contributed by atoms with E-state index in [1.54, 1.807) is 42.0 Å². The number of rotatable bonds is 9. The molecule has 168 valence electrons. The van der Waals surface area contributed by atoms with E-state index in [0.717, 1.165) is 30.2 Å². The fourth-order valence-corrected chi connectivity index (χ4v) is 3.77. The first kappa shape index (κ1) is 23.6. The molecule has 0 N–H and O–H groups in total. The molecule has 0 atom stereocenters. The Balaban J connectivity index is 1.91. The number of fused-ring (bicyclic) bond motifs is 1. The van der Waals surface area contributed by atoms with Gasteiger partial charge in [-0.25, -0.2) is 0 Å². The van der Waals surface area contributed by atoms with Gasteiger partial charge in [0.25, 0.3) is 5.91 Å². The number of unbranched alkanes of at least 4 members (excludes halogenated alkanes) is 2. The highest BCUT2D eigenvalue weighted by atomic mass is 35.5. The Morgan fingerprint density at radius 3 is 2.53 bits per heavy atom. The molecule has 32 heavy (non-hydrogen) atoms. The Hall–Kier alpha value is -3.05. The van der Waals surface area contributed by atoms with E-state index in [-0.39, 0.29) is 24.9 Å². The molecule has 1 heterocycles. The largest absolute Gasteiger partial charge is 0.497 e. The van der Waals surface area contributed by atoms with Gasteiger partial charge in [-0.05, 0) is 61.4 Å². The molecular formula is C26H28ClNO4. The Morgan fingerprint density at radius 1 is 1.09 bits per heavy atom. The maximum Gasteiger partial charge on any atom is 0.310 e. The topological polar surface area (TPSA) is 57.5 Å². The number of halogens is 1. The predicted molar refractivity (Wildman–Crippen MR) is 128 cm³/mol. The average molecular weight is 454 g/mol. The van der Waals surface area contributed by atoms with Crippen LogP contribution in [-0.2, 0) is 16.0 Å². The third-order valence-electron chi connectivity index (χ3n) is 5.39. The first-order valence-corrected chi connectivity index (χ1v) is 11.1. The predicted octanol–water partition coefficient (Wildman–Crippen LogP) is 6.13. The van der Waals surface area contributed by atoms with Crippen molar-refractivity contribution in [3.8, 4) is 5.75 Å². The normalized spacial score (nSPS) is 11.2. The van der Waals surface area contributed by atoms with Crippen LogP contribution in [0.3, 0.4) is 0 Å². The van der Waals surface area contributed by atoms with Crippen molar-refractivity contribution in [1.82, 2.24) is 4.57 Å². The van der Waals surface area contributed by atoms with Gasteiger partial charge < -0.3 is 9.47 Å². The maximum absolute atomic E-state index is 13.3. The van der Waals surface area contributed by atoms with Crippen LogP contribution in [0.1, 0.15) is 47.8 Å². The zero-order valence-electron chi connectivity index (χ0n) is 18.7. The number of hydrogen-bond acceptors (Lipinski definition) is 4. The van der Waals surface area contributed by atoms with Crippen LogP contribution in [0, 0.1) is 6.92 Å². The van der Waals surface area contributed by atoms with Crippen LogP contribution < -0.4 is 4.74 Å². The molecule has 3 rings (SSSR count). The van der Waals surface area contributed by atoms with E-state index < -0.39 is 0 Å². The molecule has 0 fully saturated rings. The summed E-state index contributed by atoms with van der Waals surface area (Å²) in [6, 6.07) is 12.2. The molecule has 0 amide bonds. The highest BCUT2D eigenvalue weighted by Crippen LogP contribution is 2.31. The van der Waals surface area contributed by atoms with E-state index in [0.29, 0.717) is 27.5 Å². The number of carbonyl (C=O) groups excluding carboxylic acids is 2. The summed E-state index contributed by atoms with van der Waals surface area (Å²) >= 11 is 5.97. The van der Waals surface area contributed by atoms with Crippen molar-refractivity contribution in [3.05, 3.63) is 76.5 Å². The summed E-state index contributed by atoms with van der Waals surface area (Å²) in [4.78, 5) is 25.8. The van der Waals surface area contributed by atoms with Crippen molar-refractivity contribution in [2.75, 3.05) is 13.7 Å². The van der Waals surface area contributed by atoms with Crippen molar-refractivity contribution in [1.29, 1.82) is 0 Å². The second-order valence-electron chi connectivity index (χ2n) is 7.57. The van der Waals surface area contributed by atoms with Gasteiger partial charge in [-0.3, -0.25) is 14.2 Å². The number of aromatic nitrogens is 1. The molecule has 0 spiro atoms. The third kappa shape index (κ3) is 5.40. The summed E-state index contributed by atoms with van der Waals surface area (Å²) in [6.07, 6.45) is 7.20. The van der Waals surface area contributed by atoms with Gasteiger partial charge in [0.1, 0.15) is 12.4 Å². The number of nitrogens with zero attached hydrogens (tertiary/aromatic N) is 1. The number of carbonyl (C=O) groups is 2. The first-order chi connectivity index (χ1) is 15.5. The highest BCUT2D eigenvalue weighted by molar-refractivity contribution is 6.30. The minimum absolute atomic E-state index is 0.0686. The zero-order chi connectivity index (χ0) is 23.1. The molecular weight excluding hydrogens is 426 g/mol. The first-order valence-electron chi connectivity index (χ1n) is 10.7. The summed E-state index contributed by atoms with van der Waals surface area (Å²) in [5, 5.41) is 1.35. The maximum atomic E-state index is 13.3. The summed E-state index contributed by atoms with van der Waals surface area (Å²) in [5.41, 5.74) is 2.67. The highest BCUT2D eigenvalue weighted by Gasteiger charge is 2.22. The fraction of sp³-hybridized carbons (Fsp3) is 0.308. The van der Waals surface area contributed by atoms with E-state index in [1.165, 1.54) is 0 Å². The quantitative estimate of drug-likeness (QED) is 0.222. The average Bonchev–Trinajstić information content (AvgIpc) is 3.06. The molecule has 0 radical (unpaired) electrons. The van der Waals surface area contributed by atoms with E-state index in [4.69, 9.17) is 21.1 Å². The SMILES string of the molecule is CCCC/C=C/COC(=O)Cc1c(C)n(C(=O)c2ccc(Cl)cc2)c2ccc(OC)cc12. The smallest absolute Gasteiger partial charge is 0.310 e. The Labute approximate surface area is 193 Å². The number of allylic oxidation sites excluding steroid dienone is 1. The summed E-state index contributed by atoms with van der Waals surface area (Å²) < 4.78 is 12.4. The lowest BCUT2D eigenvalue weighted by Crippen LogP contribution is -2.14. The van der Waals surface area contributed by atoms with Crippen LogP contribution in [0.4, 0.5) is 0 Å². The minimum Gasteiger partial charge on any atom is -0.497 e. The van der Waals surface area contributed by atoms with Gasteiger partial charge in [-0.1, -0.05) is 43.5 Å². The molecule has 0 aliphatic heterocycles. The van der Waals surface area contributed by atoms with Crippen molar-refractivity contribution in [2.45, 2.75) is 39.5 Å². The van der Waals surface area contributed by atoms with Crippen molar-refractivity contribution >= 4 is 34.4 Å². The molecule has 0 bridgehead atoms. The second kappa shape index (κ2) is 11.0. The standard InChI is InChI=1S/C26H28ClNO4/c1-4-5-6-7-8-15-32-25(29)17-22-18(2)28(24-14-13-21(31-3)16-23(22)24)26(30)19-9-11-20(27)12-10-19/h7-14,16H,4-6,15,17H2,1-3H3/b8-7+. The minimum atomic E-state index is -0.339. The van der Waals surface area contributed by atoms with Crippen molar-refractivity contribution < 1.29 is 19.1 Å². The molecule has 1 aromatic heterocycles. The Bertz CT molecular complexity index is 1130. The number of benzene rings is 2. The molecule has 3 aromatic rings. The Kier molecular flexibility index (Phi) is 8.12. The summed E-state index contributed by atoms with van der Waals surface area (Å²) in [6.45, 7) is 4.22. The molecule has 0 unspecified atom stereocenters. The molecule has 0 aliphatic rings. The number of hydrogen-bond donors (Lipinski definition) is 0. The number of esters is 1. The number of ether oxygens (including phenoxy) is 2. The van der Waals surface area contributed by atoms with Gasteiger partial charge in [0.15, 0.2) is 0 Å². The van der Waals surface area contributed by atoms with Gasteiger partial charge in [0.2, 0.25) is 0 Å². The van der Waals surface area contributed by atoms with Crippen LogP contribution in [0.5, 0.6) is 5.75 Å². The van der Waals surface area contributed by atoms with Crippen LogP contribution in [-0.4, -0.2) is 30.2 Å². The van der Waals surface area contributed by atoms with E-state index in [1.807, 2.05) is 31.2 Å².